The molecule has 0 aliphatic rings. The molecule has 0 N–H and O–H groups in total. The summed E-state index contributed by atoms with van der Waals surface area (Å²) in [5, 5.41) is 0. The lowest BCUT2D eigenvalue weighted by Gasteiger charge is -1.95. The summed E-state index contributed by atoms with van der Waals surface area (Å²) in [4.78, 5) is 3.30. The van der Waals surface area contributed by atoms with E-state index in [-0.39, 0.29) is 0 Å². The maximum absolute atomic E-state index is 6.62. The van der Waals surface area contributed by atoms with Gasteiger partial charge in [0.05, 0.1) is 0 Å². The zero-order chi connectivity index (χ0) is 8.10. The fraction of sp³-hybridized carbons (Fsp3) is 0.300. The Balaban J connectivity index is 2.60. The average molecular weight is 145 g/mol. The smallest absolute Gasteiger partial charge is 0.218 e. The molecule has 0 bridgehead atoms. The minimum absolute atomic E-state index is 0.600. The molecule has 0 aliphatic heterocycles. The second kappa shape index (κ2) is 3.78. The summed E-state index contributed by atoms with van der Waals surface area (Å²) in [6.07, 6.45) is 0.879. The zero-order valence-electron chi connectivity index (χ0n) is 6.67. The first-order valence-electron chi connectivity index (χ1n) is 3.71. The first kappa shape index (κ1) is 7.81. The Hall–Kier alpha value is -1.29. The molecular formula is C10H11N. The van der Waals surface area contributed by atoms with Crippen LogP contribution in [0.15, 0.2) is 24.3 Å². The molecule has 0 saturated carbocycles. The van der Waals surface area contributed by atoms with Gasteiger partial charge in [-0.3, -0.25) is 0 Å². The van der Waals surface area contributed by atoms with E-state index in [0.717, 1.165) is 6.42 Å². The van der Waals surface area contributed by atoms with E-state index < -0.39 is 0 Å². The van der Waals surface area contributed by atoms with Gasteiger partial charge in [0.25, 0.3) is 0 Å². The SMILES string of the molecule is [C-]#[N+]CCc1ccc(C)cc1. The summed E-state index contributed by atoms with van der Waals surface area (Å²) < 4.78 is 0. The predicted octanol–water partition coefficient (Wildman–Crippen LogP) is 2.46. The van der Waals surface area contributed by atoms with E-state index in [0.29, 0.717) is 6.54 Å². The Kier molecular flexibility index (Phi) is 2.68. The van der Waals surface area contributed by atoms with Crippen LogP contribution < -0.4 is 0 Å². The van der Waals surface area contributed by atoms with Crippen molar-refractivity contribution in [2.24, 2.45) is 0 Å². The van der Waals surface area contributed by atoms with Crippen molar-refractivity contribution in [3.8, 4) is 0 Å². The summed E-state index contributed by atoms with van der Waals surface area (Å²) in [5.41, 5.74) is 2.53. The number of hydrogen-bond acceptors (Lipinski definition) is 0. The van der Waals surface area contributed by atoms with Crippen molar-refractivity contribution in [3.05, 3.63) is 46.8 Å². The number of hydrogen-bond donors (Lipinski definition) is 0. The van der Waals surface area contributed by atoms with Gasteiger partial charge < -0.3 is 4.85 Å². The molecule has 1 rings (SSSR count). The molecule has 11 heavy (non-hydrogen) atoms. The van der Waals surface area contributed by atoms with Crippen molar-refractivity contribution in [2.75, 3.05) is 6.54 Å². The molecular weight excluding hydrogens is 134 g/mol. The van der Waals surface area contributed by atoms with Gasteiger partial charge in [0.15, 0.2) is 0 Å². The molecule has 1 heteroatoms. The molecule has 1 nitrogen and oxygen atoms in total. The van der Waals surface area contributed by atoms with Crippen LogP contribution in [0.25, 0.3) is 4.85 Å². The van der Waals surface area contributed by atoms with Gasteiger partial charge in [-0.15, -0.1) is 0 Å². The van der Waals surface area contributed by atoms with Gasteiger partial charge in [0, 0.05) is 6.42 Å². The molecule has 0 aliphatic carbocycles. The molecule has 1 aromatic carbocycles. The van der Waals surface area contributed by atoms with Gasteiger partial charge in [0.2, 0.25) is 6.54 Å². The van der Waals surface area contributed by atoms with Crippen molar-refractivity contribution in [1.29, 1.82) is 0 Å². The highest BCUT2D eigenvalue weighted by Crippen LogP contribution is 2.03. The predicted molar refractivity (Wildman–Crippen MR) is 46.4 cm³/mol. The number of benzene rings is 1. The number of rotatable bonds is 2. The van der Waals surface area contributed by atoms with E-state index in [2.05, 4.69) is 36.0 Å². The van der Waals surface area contributed by atoms with E-state index >= 15 is 0 Å². The van der Waals surface area contributed by atoms with Crippen LogP contribution in [0.1, 0.15) is 11.1 Å². The number of nitrogens with zero attached hydrogens (tertiary/aromatic N) is 1. The third-order valence-electron chi connectivity index (χ3n) is 1.63. The van der Waals surface area contributed by atoms with Gasteiger partial charge in [-0.2, -0.15) is 0 Å². The summed E-state index contributed by atoms with van der Waals surface area (Å²) in [7, 11) is 0. The number of aryl methyl sites for hydroxylation is 1. The Labute approximate surface area is 67.5 Å². The third-order valence-corrected chi connectivity index (χ3v) is 1.63. The van der Waals surface area contributed by atoms with E-state index in [4.69, 9.17) is 6.57 Å². The van der Waals surface area contributed by atoms with E-state index in [1.54, 1.807) is 0 Å². The molecule has 0 amide bonds. The van der Waals surface area contributed by atoms with E-state index in [9.17, 15) is 0 Å². The second-order valence-corrected chi connectivity index (χ2v) is 2.62. The molecule has 0 atom stereocenters. The minimum Gasteiger partial charge on any atom is -0.317 e. The summed E-state index contributed by atoms with van der Waals surface area (Å²) in [5.74, 6) is 0. The van der Waals surface area contributed by atoms with Crippen LogP contribution in [0.2, 0.25) is 0 Å². The van der Waals surface area contributed by atoms with Crippen molar-refractivity contribution in [1.82, 2.24) is 0 Å². The van der Waals surface area contributed by atoms with Crippen LogP contribution in [-0.4, -0.2) is 6.54 Å². The Morgan fingerprint density at radius 2 is 1.91 bits per heavy atom. The highest BCUT2D eigenvalue weighted by Gasteiger charge is 1.92. The molecule has 0 fully saturated rings. The highest BCUT2D eigenvalue weighted by molar-refractivity contribution is 5.21. The van der Waals surface area contributed by atoms with Crippen LogP contribution in [0.3, 0.4) is 0 Å². The van der Waals surface area contributed by atoms with Crippen LogP contribution in [0.4, 0.5) is 0 Å². The molecule has 0 aromatic heterocycles. The Morgan fingerprint density at radius 1 is 1.27 bits per heavy atom. The zero-order valence-corrected chi connectivity index (χ0v) is 6.67. The van der Waals surface area contributed by atoms with Crippen molar-refractivity contribution >= 4 is 0 Å². The normalized spacial score (nSPS) is 9.09. The molecule has 1 aromatic rings. The molecule has 0 unspecified atom stereocenters. The molecule has 0 spiro atoms. The van der Waals surface area contributed by atoms with Crippen molar-refractivity contribution in [2.45, 2.75) is 13.3 Å². The minimum atomic E-state index is 0.600. The van der Waals surface area contributed by atoms with E-state index in [1.165, 1.54) is 11.1 Å². The van der Waals surface area contributed by atoms with Crippen LogP contribution in [-0.2, 0) is 6.42 Å². The Bertz CT molecular complexity index is 253. The summed E-state index contributed by atoms with van der Waals surface area (Å²) in [6, 6.07) is 8.33. The monoisotopic (exact) mass is 145 g/mol. The average Bonchev–Trinajstić information content (AvgIpc) is 2.04. The summed E-state index contributed by atoms with van der Waals surface area (Å²) in [6.45, 7) is 9.29. The van der Waals surface area contributed by atoms with Gasteiger partial charge >= 0.3 is 0 Å². The third kappa shape index (κ3) is 2.43. The highest BCUT2D eigenvalue weighted by atomic mass is 14.6. The van der Waals surface area contributed by atoms with E-state index in [1.807, 2.05) is 0 Å². The van der Waals surface area contributed by atoms with Gasteiger partial charge in [-0.05, 0) is 12.5 Å². The van der Waals surface area contributed by atoms with Crippen LogP contribution >= 0.6 is 0 Å². The lowest BCUT2D eigenvalue weighted by Crippen LogP contribution is -1.86. The quantitative estimate of drug-likeness (QED) is 0.563. The standard InChI is InChI=1S/C10H11N/c1-9-3-5-10(6-4-9)7-8-11-2/h3-6H,7-8H2,1H3. The maximum Gasteiger partial charge on any atom is 0.218 e. The molecule has 0 heterocycles. The molecule has 56 valence electrons. The van der Waals surface area contributed by atoms with Crippen molar-refractivity contribution < 1.29 is 0 Å². The van der Waals surface area contributed by atoms with Crippen molar-refractivity contribution in [3.63, 3.8) is 0 Å². The lowest BCUT2D eigenvalue weighted by atomic mass is 10.1. The molecule has 0 saturated heterocycles. The first-order valence-corrected chi connectivity index (χ1v) is 3.71. The topological polar surface area (TPSA) is 4.36 Å². The van der Waals surface area contributed by atoms with Crippen LogP contribution in [0.5, 0.6) is 0 Å². The first-order chi connectivity index (χ1) is 5.33. The summed E-state index contributed by atoms with van der Waals surface area (Å²) >= 11 is 0. The van der Waals surface area contributed by atoms with Gasteiger partial charge in [0.1, 0.15) is 0 Å². The fourth-order valence-electron chi connectivity index (χ4n) is 0.940. The van der Waals surface area contributed by atoms with Crippen LogP contribution in [0, 0.1) is 13.5 Å². The van der Waals surface area contributed by atoms with Gasteiger partial charge in [-0.25, -0.2) is 6.57 Å². The maximum atomic E-state index is 6.62. The largest absolute Gasteiger partial charge is 0.317 e. The second-order valence-electron chi connectivity index (χ2n) is 2.62. The lowest BCUT2D eigenvalue weighted by molar-refractivity contribution is 1.08. The Morgan fingerprint density at radius 3 is 2.45 bits per heavy atom. The van der Waals surface area contributed by atoms with Gasteiger partial charge in [-0.1, -0.05) is 29.8 Å². The fourth-order valence-corrected chi connectivity index (χ4v) is 0.940. The molecule has 0 radical (unpaired) electrons.